The first-order chi connectivity index (χ1) is 8.79. The van der Waals surface area contributed by atoms with E-state index in [1.165, 1.54) is 31.4 Å². The number of rotatable bonds is 4. The van der Waals surface area contributed by atoms with E-state index in [0.717, 1.165) is 18.0 Å². The lowest BCUT2D eigenvalue weighted by molar-refractivity contribution is 0.200. The van der Waals surface area contributed by atoms with Gasteiger partial charge >= 0.3 is 0 Å². The molecule has 1 fully saturated rings. The monoisotopic (exact) mass is 242 g/mol. The minimum Gasteiger partial charge on any atom is -0.320 e. The lowest BCUT2D eigenvalue weighted by atomic mass is 9.85. The molecule has 0 atom stereocenters. The van der Waals surface area contributed by atoms with Crippen LogP contribution in [0.5, 0.6) is 0 Å². The topological polar surface area (TPSA) is 29.3 Å². The maximum absolute atomic E-state index is 5.44. The van der Waals surface area contributed by atoms with Crippen molar-refractivity contribution < 1.29 is 0 Å². The summed E-state index contributed by atoms with van der Waals surface area (Å²) in [6.07, 6.45) is 4.22. The van der Waals surface area contributed by atoms with Crippen LogP contribution in [-0.4, -0.2) is 25.0 Å². The molecule has 2 nitrogen and oxygen atoms in total. The van der Waals surface area contributed by atoms with Gasteiger partial charge in [0.1, 0.15) is 0 Å². The van der Waals surface area contributed by atoms with Crippen LogP contribution in [0.3, 0.4) is 0 Å². The molecule has 0 amide bonds. The van der Waals surface area contributed by atoms with E-state index in [2.05, 4.69) is 42.0 Å². The highest BCUT2D eigenvalue weighted by Crippen LogP contribution is 2.27. The Hall–Kier alpha value is -1.30. The van der Waals surface area contributed by atoms with E-state index in [1.807, 2.05) is 6.07 Å². The highest BCUT2D eigenvalue weighted by Gasteiger charge is 2.19. The molecular weight excluding hydrogens is 220 g/mol. The molecule has 1 aromatic rings. The molecule has 1 saturated carbocycles. The van der Waals surface area contributed by atoms with Crippen molar-refractivity contribution in [3.8, 4) is 11.8 Å². The average molecular weight is 242 g/mol. The summed E-state index contributed by atoms with van der Waals surface area (Å²) in [6.45, 7) is 2.61. The van der Waals surface area contributed by atoms with Gasteiger partial charge in [-0.2, -0.15) is 0 Å². The third kappa shape index (κ3) is 3.60. The van der Waals surface area contributed by atoms with Gasteiger partial charge in [0.15, 0.2) is 0 Å². The van der Waals surface area contributed by atoms with Crippen molar-refractivity contribution in [2.24, 2.45) is 11.7 Å². The Labute approximate surface area is 110 Å². The highest BCUT2D eigenvalue weighted by molar-refractivity contribution is 5.41. The average Bonchev–Trinajstić information content (AvgIpc) is 2.33. The number of nitrogens with two attached hydrogens (primary N) is 1. The first-order valence-electron chi connectivity index (χ1n) is 6.75. The van der Waals surface area contributed by atoms with E-state index >= 15 is 0 Å². The SMILES string of the molecule is CN(Cc1ccccc1C#CCN)CC1CCC1. The van der Waals surface area contributed by atoms with Crippen LogP contribution in [0.15, 0.2) is 24.3 Å². The largest absolute Gasteiger partial charge is 0.320 e. The van der Waals surface area contributed by atoms with E-state index in [9.17, 15) is 0 Å². The first kappa shape index (κ1) is 13.1. The molecule has 0 bridgehead atoms. The number of hydrogen-bond acceptors (Lipinski definition) is 2. The summed E-state index contributed by atoms with van der Waals surface area (Å²) in [5.41, 5.74) is 7.86. The van der Waals surface area contributed by atoms with E-state index in [1.54, 1.807) is 0 Å². The fraction of sp³-hybridized carbons (Fsp3) is 0.500. The summed E-state index contributed by atoms with van der Waals surface area (Å²) in [5.74, 6) is 7.01. The predicted octanol–water partition coefficient (Wildman–Crippen LogP) is 2.23. The fourth-order valence-corrected chi connectivity index (χ4v) is 2.40. The lowest BCUT2D eigenvalue weighted by Crippen LogP contribution is -2.29. The van der Waals surface area contributed by atoms with E-state index < -0.39 is 0 Å². The summed E-state index contributed by atoms with van der Waals surface area (Å²) < 4.78 is 0. The van der Waals surface area contributed by atoms with Crippen molar-refractivity contribution in [2.45, 2.75) is 25.8 Å². The van der Waals surface area contributed by atoms with Gasteiger partial charge in [-0.3, -0.25) is 0 Å². The molecule has 2 heteroatoms. The second-order valence-electron chi connectivity index (χ2n) is 5.16. The summed E-state index contributed by atoms with van der Waals surface area (Å²) in [4.78, 5) is 2.41. The zero-order valence-corrected chi connectivity index (χ0v) is 11.2. The van der Waals surface area contributed by atoms with Crippen LogP contribution in [-0.2, 0) is 6.54 Å². The molecule has 0 heterocycles. The van der Waals surface area contributed by atoms with E-state index in [4.69, 9.17) is 5.73 Å². The Kier molecular flexibility index (Phi) is 4.81. The van der Waals surface area contributed by atoms with Gasteiger partial charge in [-0.05, 0) is 37.4 Å². The Bertz CT molecular complexity index is 438. The van der Waals surface area contributed by atoms with Crippen LogP contribution in [0.25, 0.3) is 0 Å². The second kappa shape index (κ2) is 6.58. The van der Waals surface area contributed by atoms with Gasteiger partial charge in [0, 0.05) is 18.7 Å². The zero-order valence-electron chi connectivity index (χ0n) is 11.2. The van der Waals surface area contributed by atoms with Crippen molar-refractivity contribution in [2.75, 3.05) is 20.1 Å². The third-order valence-electron chi connectivity index (χ3n) is 3.58. The molecule has 1 aromatic carbocycles. The van der Waals surface area contributed by atoms with Gasteiger partial charge in [-0.1, -0.05) is 36.5 Å². The van der Waals surface area contributed by atoms with Crippen LogP contribution in [0.2, 0.25) is 0 Å². The zero-order chi connectivity index (χ0) is 12.8. The van der Waals surface area contributed by atoms with Gasteiger partial charge in [-0.15, -0.1) is 0 Å². The van der Waals surface area contributed by atoms with Crippen LogP contribution in [0.1, 0.15) is 30.4 Å². The number of nitrogens with zero attached hydrogens (tertiary/aromatic N) is 1. The molecule has 1 aliphatic rings. The van der Waals surface area contributed by atoms with Crippen molar-refractivity contribution in [1.82, 2.24) is 4.90 Å². The molecule has 0 unspecified atom stereocenters. The Morgan fingerprint density at radius 1 is 1.33 bits per heavy atom. The maximum Gasteiger partial charge on any atom is 0.0555 e. The smallest absolute Gasteiger partial charge is 0.0555 e. The lowest BCUT2D eigenvalue weighted by Gasteiger charge is -2.30. The Morgan fingerprint density at radius 2 is 2.11 bits per heavy atom. The maximum atomic E-state index is 5.44. The highest BCUT2D eigenvalue weighted by atomic mass is 15.1. The summed E-state index contributed by atoms with van der Waals surface area (Å²) >= 11 is 0. The Balaban J connectivity index is 1.98. The van der Waals surface area contributed by atoms with Crippen molar-refractivity contribution in [1.29, 1.82) is 0 Å². The van der Waals surface area contributed by atoms with Crippen LogP contribution >= 0.6 is 0 Å². The van der Waals surface area contributed by atoms with Crippen LogP contribution in [0, 0.1) is 17.8 Å². The molecule has 0 spiro atoms. The fourth-order valence-electron chi connectivity index (χ4n) is 2.40. The standard InChI is InChI=1S/C16H22N2/c1-18(12-14-6-4-7-14)13-16-9-3-2-8-15(16)10-5-11-17/h2-3,8-9,14H,4,6-7,11-13,17H2,1H3. The van der Waals surface area contributed by atoms with Gasteiger partial charge in [0.05, 0.1) is 6.54 Å². The number of hydrogen-bond donors (Lipinski definition) is 1. The minimum atomic E-state index is 0.423. The predicted molar refractivity (Wildman–Crippen MR) is 76.0 cm³/mol. The molecule has 1 aliphatic carbocycles. The van der Waals surface area contributed by atoms with Crippen molar-refractivity contribution in [3.63, 3.8) is 0 Å². The summed E-state index contributed by atoms with van der Waals surface area (Å²) in [6, 6.07) is 8.36. The molecule has 0 saturated heterocycles. The molecule has 0 aromatic heterocycles. The minimum absolute atomic E-state index is 0.423. The molecule has 0 radical (unpaired) electrons. The molecule has 96 valence electrons. The third-order valence-corrected chi connectivity index (χ3v) is 3.58. The molecule has 0 aliphatic heterocycles. The molecule has 2 rings (SSSR count). The van der Waals surface area contributed by atoms with Crippen molar-refractivity contribution in [3.05, 3.63) is 35.4 Å². The normalized spacial score (nSPS) is 15.1. The number of benzene rings is 1. The molecule has 2 N–H and O–H groups in total. The quantitative estimate of drug-likeness (QED) is 0.820. The van der Waals surface area contributed by atoms with Gasteiger partial charge < -0.3 is 10.6 Å². The molecule has 18 heavy (non-hydrogen) atoms. The van der Waals surface area contributed by atoms with E-state index in [-0.39, 0.29) is 0 Å². The van der Waals surface area contributed by atoms with Gasteiger partial charge in [0.2, 0.25) is 0 Å². The van der Waals surface area contributed by atoms with Crippen LogP contribution < -0.4 is 5.73 Å². The summed E-state index contributed by atoms with van der Waals surface area (Å²) in [7, 11) is 2.20. The van der Waals surface area contributed by atoms with Crippen molar-refractivity contribution >= 4 is 0 Å². The first-order valence-corrected chi connectivity index (χ1v) is 6.75. The molecular formula is C16H22N2. The summed E-state index contributed by atoms with van der Waals surface area (Å²) in [5, 5.41) is 0. The van der Waals surface area contributed by atoms with E-state index in [0.29, 0.717) is 6.54 Å². The second-order valence-corrected chi connectivity index (χ2v) is 5.16. The Morgan fingerprint density at radius 3 is 2.78 bits per heavy atom. The van der Waals surface area contributed by atoms with Gasteiger partial charge in [0.25, 0.3) is 0 Å². The van der Waals surface area contributed by atoms with Crippen LogP contribution in [0.4, 0.5) is 0 Å². The van der Waals surface area contributed by atoms with Gasteiger partial charge in [-0.25, -0.2) is 0 Å².